The van der Waals surface area contributed by atoms with Crippen LogP contribution < -0.4 is 9.64 Å². The molecule has 3 aliphatic heterocycles. The summed E-state index contributed by atoms with van der Waals surface area (Å²) in [6.07, 6.45) is 0. The van der Waals surface area contributed by atoms with E-state index in [1.165, 1.54) is 6.07 Å². The molecule has 0 spiro atoms. The van der Waals surface area contributed by atoms with Crippen LogP contribution in [0, 0.1) is 29.0 Å². The van der Waals surface area contributed by atoms with Gasteiger partial charge < -0.3 is 14.5 Å². The van der Waals surface area contributed by atoms with Gasteiger partial charge >= 0.3 is 0 Å². The molecule has 2 saturated heterocycles. The third kappa shape index (κ3) is 3.51. The normalized spacial score (nSPS) is 25.4. The maximum absolute atomic E-state index is 13.9. The van der Waals surface area contributed by atoms with Crippen molar-refractivity contribution in [2.24, 2.45) is 11.8 Å². The smallest absolute Gasteiger partial charge is 0.227 e. The van der Waals surface area contributed by atoms with Crippen molar-refractivity contribution in [3.8, 4) is 11.8 Å². The van der Waals surface area contributed by atoms with Gasteiger partial charge in [0.2, 0.25) is 5.91 Å². The number of ether oxygens (including phenoxy) is 1. The summed E-state index contributed by atoms with van der Waals surface area (Å²) in [6.45, 7) is 4.00. The van der Waals surface area contributed by atoms with E-state index in [1.54, 1.807) is 12.1 Å². The van der Waals surface area contributed by atoms with Gasteiger partial charge in [-0.25, -0.2) is 4.39 Å². The zero-order valence-corrected chi connectivity index (χ0v) is 17.5. The topological polar surface area (TPSA) is 59.8 Å². The van der Waals surface area contributed by atoms with Crippen LogP contribution in [0.2, 0.25) is 0 Å². The Kier molecular flexibility index (Phi) is 5.03. The number of anilines is 1. The first-order chi connectivity index (χ1) is 15.0. The van der Waals surface area contributed by atoms with Crippen molar-refractivity contribution < 1.29 is 13.9 Å². The number of carbonyl (C=O) groups excluding carboxylic acids is 1. The van der Waals surface area contributed by atoms with Gasteiger partial charge in [-0.15, -0.1) is 0 Å². The monoisotopic (exact) mass is 420 g/mol. The van der Waals surface area contributed by atoms with Crippen LogP contribution in [-0.4, -0.2) is 62.1 Å². The zero-order valence-electron chi connectivity index (χ0n) is 17.5. The highest BCUT2D eigenvalue weighted by Crippen LogP contribution is 2.47. The Hall–Kier alpha value is -3.11. The minimum absolute atomic E-state index is 0.00772. The second-order valence-corrected chi connectivity index (χ2v) is 8.62. The van der Waals surface area contributed by atoms with Crippen LogP contribution in [0.1, 0.15) is 17.2 Å². The van der Waals surface area contributed by atoms with Crippen molar-refractivity contribution in [1.82, 2.24) is 9.80 Å². The molecule has 160 valence electrons. The molecule has 0 saturated carbocycles. The summed E-state index contributed by atoms with van der Waals surface area (Å²) in [4.78, 5) is 19.8. The Labute approximate surface area is 181 Å². The largest absolute Gasteiger partial charge is 0.493 e. The van der Waals surface area contributed by atoms with Crippen molar-refractivity contribution in [2.75, 3.05) is 51.3 Å². The molecule has 2 aromatic rings. The molecule has 2 fully saturated rings. The van der Waals surface area contributed by atoms with Crippen LogP contribution in [0.15, 0.2) is 42.5 Å². The van der Waals surface area contributed by atoms with E-state index in [4.69, 9.17) is 10.00 Å². The zero-order chi connectivity index (χ0) is 21.5. The van der Waals surface area contributed by atoms with E-state index in [0.29, 0.717) is 31.8 Å². The average Bonchev–Trinajstić information content (AvgIpc) is 3.15. The molecule has 0 radical (unpaired) electrons. The molecular formula is C24H25FN4O2. The second-order valence-electron chi connectivity index (χ2n) is 8.62. The number of piperazine rings is 1. The number of nitrogens with zero attached hydrogens (tertiary/aromatic N) is 4. The Morgan fingerprint density at radius 3 is 2.58 bits per heavy atom. The molecule has 3 aliphatic rings. The summed E-state index contributed by atoms with van der Waals surface area (Å²) in [6, 6.07) is 14.4. The number of amides is 1. The first-order valence-electron chi connectivity index (χ1n) is 10.7. The second kappa shape index (κ2) is 7.86. The Balaban J connectivity index is 1.27. The van der Waals surface area contributed by atoms with Gasteiger partial charge in [0.15, 0.2) is 0 Å². The van der Waals surface area contributed by atoms with E-state index >= 15 is 0 Å². The fourth-order valence-corrected chi connectivity index (χ4v) is 5.28. The first-order valence-corrected chi connectivity index (χ1v) is 10.7. The summed E-state index contributed by atoms with van der Waals surface area (Å²) < 4.78 is 19.8. The van der Waals surface area contributed by atoms with Gasteiger partial charge in [-0.2, -0.15) is 5.26 Å². The lowest BCUT2D eigenvalue weighted by molar-refractivity contribution is -0.137. The molecule has 31 heavy (non-hydrogen) atoms. The molecule has 0 N–H and O–H groups in total. The van der Waals surface area contributed by atoms with Gasteiger partial charge in [0.05, 0.1) is 24.2 Å². The van der Waals surface area contributed by atoms with Crippen molar-refractivity contribution in [3.63, 3.8) is 0 Å². The van der Waals surface area contributed by atoms with Crippen LogP contribution in [0.25, 0.3) is 0 Å². The molecular weight excluding hydrogens is 395 g/mol. The van der Waals surface area contributed by atoms with E-state index in [-0.39, 0.29) is 29.6 Å². The number of halogens is 1. The molecule has 6 nitrogen and oxygen atoms in total. The molecule has 7 heteroatoms. The van der Waals surface area contributed by atoms with Crippen LogP contribution in [0.4, 0.5) is 10.1 Å². The van der Waals surface area contributed by atoms with Gasteiger partial charge in [-0.1, -0.05) is 0 Å². The lowest BCUT2D eigenvalue weighted by Gasteiger charge is -2.38. The van der Waals surface area contributed by atoms with Crippen LogP contribution in [0.5, 0.6) is 5.75 Å². The lowest BCUT2D eigenvalue weighted by atomic mass is 9.84. The number of hydrogen-bond donors (Lipinski definition) is 0. The van der Waals surface area contributed by atoms with Crippen LogP contribution in [-0.2, 0) is 4.79 Å². The number of nitriles is 1. The molecule has 1 amide bonds. The highest BCUT2D eigenvalue weighted by Gasteiger charge is 2.49. The Morgan fingerprint density at radius 1 is 1.13 bits per heavy atom. The van der Waals surface area contributed by atoms with E-state index in [0.717, 1.165) is 30.1 Å². The standard InChI is InChI=1S/C24H25FN4O2/c1-27-14-20(21-15-31-22-7-4-17(25)12-19(22)23(21)27)24(30)29-10-8-28(9-11-29)18-5-2-16(13-26)3-6-18/h2-7,12,20-21,23H,8-11,14-15H2,1H3/t20-,21+,23+/m1/s1. The molecule has 2 aromatic carbocycles. The van der Waals surface area contributed by atoms with E-state index < -0.39 is 0 Å². The van der Waals surface area contributed by atoms with E-state index in [9.17, 15) is 9.18 Å². The number of benzene rings is 2. The Bertz CT molecular complexity index is 1030. The number of fused-ring (bicyclic) bond motifs is 3. The molecule has 0 unspecified atom stereocenters. The van der Waals surface area contributed by atoms with E-state index in [1.807, 2.05) is 36.2 Å². The summed E-state index contributed by atoms with van der Waals surface area (Å²) in [5.41, 5.74) is 2.57. The lowest BCUT2D eigenvalue weighted by Crippen LogP contribution is -2.51. The third-order valence-electron chi connectivity index (χ3n) is 6.87. The van der Waals surface area contributed by atoms with Crippen LogP contribution in [0.3, 0.4) is 0 Å². The molecule has 0 aromatic heterocycles. The third-order valence-corrected chi connectivity index (χ3v) is 6.87. The highest BCUT2D eigenvalue weighted by molar-refractivity contribution is 5.80. The summed E-state index contributed by atoms with van der Waals surface area (Å²) >= 11 is 0. The van der Waals surface area contributed by atoms with E-state index in [2.05, 4.69) is 15.9 Å². The number of carbonyl (C=O) groups is 1. The quantitative estimate of drug-likeness (QED) is 0.748. The predicted octanol–water partition coefficient (Wildman–Crippen LogP) is 2.66. The number of likely N-dealkylation sites (tertiary alicyclic amines) is 1. The minimum atomic E-state index is -0.273. The van der Waals surface area contributed by atoms with Gasteiger partial charge in [-0.3, -0.25) is 9.69 Å². The van der Waals surface area contributed by atoms with Gasteiger partial charge in [0, 0.05) is 55.9 Å². The van der Waals surface area contributed by atoms with Crippen molar-refractivity contribution in [3.05, 3.63) is 59.4 Å². The molecule has 0 bridgehead atoms. The average molecular weight is 420 g/mol. The fourth-order valence-electron chi connectivity index (χ4n) is 5.28. The summed E-state index contributed by atoms with van der Waals surface area (Å²) in [5, 5.41) is 8.97. The molecule has 3 heterocycles. The first kappa shape index (κ1) is 19.8. The summed E-state index contributed by atoms with van der Waals surface area (Å²) in [7, 11) is 2.01. The van der Waals surface area contributed by atoms with Gasteiger partial charge in [-0.05, 0) is 49.5 Å². The predicted molar refractivity (Wildman–Crippen MR) is 114 cm³/mol. The van der Waals surface area contributed by atoms with Crippen molar-refractivity contribution >= 4 is 11.6 Å². The number of rotatable bonds is 2. The van der Waals surface area contributed by atoms with Crippen LogP contribution >= 0.6 is 0 Å². The molecule has 5 rings (SSSR count). The SMILES string of the molecule is CN1C[C@@H](C(=O)N2CCN(c3ccc(C#N)cc3)CC2)[C@@H]2COc3ccc(F)cc3[C@@H]21. The Morgan fingerprint density at radius 2 is 1.87 bits per heavy atom. The summed E-state index contributed by atoms with van der Waals surface area (Å²) in [5.74, 6) is 0.502. The van der Waals surface area contributed by atoms with Crippen molar-refractivity contribution in [1.29, 1.82) is 5.26 Å². The van der Waals surface area contributed by atoms with Crippen molar-refractivity contribution in [2.45, 2.75) is 6.04 Å². The fraction of sp³-hybridized carbons (Fsp3) is 0.417. The maximum atomic E-state index is 13.9. The number of hydrogen-bond acceptors (Lipinski definition) is 5. The van der Waals surface area contributed by atoms with Gasteiger partial charge in [0.1, 0.15) is 11.6 Å². The highest BCUT2D eigenvalue weighted by atomic mass is 19.1. The van der Waals surface area contributed by atoms with Gasteiger partial charge in [0.25, 0.3) is 0 Å². The molecule has 0 aliphatic carbocycles. The molecule has 3 atom stereocenters. The maximum Gasteiger partial charge on any atom is 0.227 e. The minimum Gasteiger partial charge on any atom is -0.493 e.